The summed E-state index contributed by atoms with van der Waals surface area (Å²) in [6.45, 7) is 0. The summed E-state index contributed by atoms with van der Waals surface area (Å²) in [7, 11) is 0. The molecule has 0 heteroatoms. The van der Waals surface area contributed by atoms with Gasteiger partial charge in [0.25, 0.3) is 0 Å². The summed E-state index contributed by atoms with van der Waals surface area (Å²) >= 11 is 0. The molecule has 1 aliphatic rings. The van der Waals surface area contributed by atoms with Gasteiger partial charge >= 0.3 is 0 Å². The van der Waals surface area contributed by atoms with Crippen LogP contribution in [0.2, 0.25) is 0 Å². The lowest BCUT2D eigenvalue weighted by atomic mass is 10.1. The summed E-state index contributed by atoms with van der Waals surface area (Å²) in [5, 5.41) is 0. The quantitative estimate of drug-likeness (QED) is 0.484. The number of allylic oxidation sites excluding steroid dienone is 6. The van der Waals surface area contributed by atoms with Crippen LogP contribution in [0.25, 0.3) is 0 Å². The molecular formula is C13H19. The Hall–Kier alpha value is -0.780. The van der Waals surface area contributed by atoms with Crippen LogP contribution in [0.15, 0.2) is 30.4 Å². The SMILES string of the molecule is [C]1=CCCCCC=CCCC=CC1. The molecule has 1 radical (unpaired) electrons. The smallest absolute Gasteiger partial charge is 0.00979 e. The van der Waals surface area contributed by atoms with Crippen molar-refractivity contribution in [2.75, 3.05) is 0 Å². The van der Waals surface area contributed by atoms with E-state index in [9.17, 15) is 0 Å². The molecule has 0 atom stereocenters. The van der Waals surface area contributed by atoms with Gasteiger partial charge in [0.2, 0.25) is 0 Å². The topological polar surface area (TPSA) is 0 Å². The van der Waals surface area contributed by atoms with E-state index in [2.05, 4.69) is 36.5 Å². The van der Waals surface area contributed by atoms with E-state index in [1.807, 2.05) is 0 Å². The molecule has 1 aliphatic carbocycles. The van der Waals surface area contributed by atoms with Crippen molar-refractivity contribution in [3.05, 3.63) is 36.5 Å². The second-order valence-corrected chi connectivity index (χ2v) is 3.42. The van der Waals surface area contributed by atoms with E-state index >= 15 is 0 Å². The molecule has 13 heavy (non-hydrogen) atoms. The van der Waals surface area contributed by atoms with Crippen molar-refractivity contribution in [2.45, 2.75) is 44.9 Å². The molecule has 0 fully saturated rings. The Balaban J connectivity index is 2.28. The lowest BCUT2D eigenvalue weighted by Gasteiger charge is -1.92. The zero-order valence-electron chi connectivity index (χ0n) is 8.34. The summed E-state index contributed by atoms with van der Waals surface area (Å²) < 4.78 is 0. The predicted molar refractivity (Wildman–Crippen MR) is 58.4 cm³/mol. The molecule has 0 amide bonds. The van der Waals surface area contributed by atoms with Gasteiger partial charge in [-0.25, -0.2) is 0 Å². The third-order valence-electron chi connectivity index (χ3n) is 2.18. The van der Waals surface area contributed by atoms with E-state index in [0.29, 0.717) is 0 Å². The van der Waals surface area contributed by atoms with Crippen molar-refractivity contribution in [3.63, 3.8) is 0 Å². The fourth-order valence-corrected chi connectivity index (χ4v) is 1.39. The molecule has 71 valence electrons. The van der Waals surface area contributed by atoms with Gasteiger partial charge < -0.3 is 0 Å². The maximum absolute atomic E-state index is 3.29. The van der Waals surface area contributed by atoms with Crippen LogP contribution in [0.1, 0.15) is 44.9 Å². The summed E-state index contributed by atoms with van der Waals surface area (Å²) in [4.78, 5) is 0. The van der Waals surface area contributed by atoms with Crippen LogP contribution < -0.4 is 0 Å². The van der Waals surface area contributed by atoms with Crippen LogP contribution in [-0.2, 0) is 0 Å². The minimum Gasteiger partial charge on any atom is -0.0885 e. The molecule has 0 aromatic heterocycles. The average Bonchev–Trinajstić information content (AvgIpc) is 2.18. The van der Waals surface area contributed by atoms with Crippen molar-refractivity contribution < 1.29 is 0 Å². The molecule has 0 unspecified atom stereocenters. The van der Waals surface area contributed by atoms with Gasteiger partial charge in [0.15, 0.2) is 0 Å². The monoisotopic (exact) mass is 175 g/mol. The largest absolute Gasteiger partial charge is 0.0885 e. The van der Waals surface area contributed by atoms with E-state index in [1.165, 1.54) is 38.5 Å². The molecule has 0 aliphatic heterocycles. The van der Waals surface area contributed by atoms with Gasteiger partial charge in [-0.3, -0.25) is 0 Å². The van der Waals surface area contributed by atoms with Crippen molar-refractivity contribution >= 4 is 0 Å². The summed E-state index contributed by atoms with van der Waals surface area (Å²) in [6, 6.07) is 0. The maximum Gasteiger partial charge on any atom is -0.00979 e. The lowest BCUT2D eigenvalue weighted by molar-refractivity contribution is 0.759. The van der Waals surface area contributed by atoms with Crippen molar-refractivity contribution in [3.8, 4) is 0 Å². The van der Waals surface area contributed by atoms with Crippen LogP contribution in [0.3, 0.4) is 0 Å². The van der Waals surface area contributed by atoms with E-state index in [0.717, 1.165) is 6.42 Å². The van der Waals surface area contributed by atoms with Gasteiger partial charge in [0.05, 0.1) is 0 Å². The second-order valence-electron chi connectivity index (χ2n) is 3.42. The van der Waals surface area contributed by atoms with E-state index < -0.39 is 0 Å². The molecule has 0 aromatic carbocycles. The van der Waals surface area contributed by atoms with Crippen molar-refractivity contribution in [2.24, 2.45) is 0 Å². The molecule has 0 spiro atoms. The third-order valence-corrected chi connectivity index (χ3v) is 2.18. The van der Waals surface area contributed by atoms with Crippen LogP contribution in [0, 0.1) is 6.08 Å². The molecule has 1 rings (SSSR count). The summed E-state index contributed by atoms with van der Waals surface area (Å²) in [5.74, 6) is 0. The highest BCUT2D eigenvalue weighted by molar-refractivity contribution is 4.91. The Morgan fingerprint density at radius 3 is 2.31 bits per heavy atom. The number of rotatable bonds is 0. The Morgan fingerprint density at radius 1 is 0.692 bits per heavy atom. The van der Waals surface area contributed by atoms with E-state index in [1.54, 1.807) is 0 Å². The van der Waals surface area contributed by atoms with E-state index in [-0.39, 0.29) is 0 Å². The molecule has 0 saturated heterocycles. The highest BCUT2D eigenvalue weighted by Crippen LogP contribution is 2.04. The van der Waals surface area contributed by atoms with Crippen LogP contribution in [0.5, 0.6) is 0 Å². The minimum absolute atomic E-state index is 0.990. The molecule has 0 N–H and O–H groups in total. The predicted octanol–water partition coefficient (Wildman–Crippen LogP) is 4.20. The van der Waals surface area contributed by atoms with Crippen LogP contribution in [0.4, 0.5) is 0 Å². The third kappa shape index (κ3) is 6.39. The van der Waals surface area contributed by atoms with Gasteiger partial charge in [0, 0.05) is 0 Å². The molecule has 0 saturated carbocycles. The second kappa shape index (κ2) is 7.85. The van der Waals surface area contributed by atoms with E-state index in [4.69, 9.17) is 0 Å². The minimum atomic E-state index is 0.990. The first kappa shape index (κ1) is 10.3. The number of hydrogen-bond donors (Lipinski definition) is 0. The van der Waals surface area contributed by atoms with Gasteiger partial charge in [-0.15, -0.1) is 0 Å². The molecule has 0 bridgehead atoms. The van der Waals surface area contributed by atoms with Crippen LogP contribution >= 0.6 is 0 Å². The Morgan fingerprint density at radius 2 is 1.38 bits per heavy atom. The van der Waals surface area contributed by atoms with Gasteiger partial charge in [0.1, 0.15) is 0 Å². The fraction of sp³-hybridized carbons (Fsp3) is 0.538. The standard InChI is InChI=1S/C13H19/c1-2-4-6-8-10-12-13-11-9-7-5-3-1/h1-2,7,9,12H,3-6,8,10-11H2. The fourth-order valence-electron chi connectivity index (χ4n) is 1.39. The normalized spacial score (nSPS) is 20.3. The Bertz CT molecular complexity index is 184. The zero-order valence-corrected chi connectivity index (χ0v) is 8.34. The highest BCUT2D eigenvalue weighted by Gasteiger charge is 1.85. The van der Waals surface area contributed by atoms with Gasteiger partial charge in [-0.2, -0.15) is 0 Å². The first-order valence-corrected chi connectivity index (χ1v) is 5.35. The molecule has 0 aromatic rings. The Kier molecular flexibility index (Phi) is 6.22. The number of hydrogen-bond acceptors (Lipinski definition) is 0. The summed E-state index contributed by atoms with van der Waals surface area (Å²) in [5.41, 5.74) is 0. The Labute approximate surface area is 82.0 Å². The van der Waals surface area contributed by atoms with Gasteiger partial charge in [-0.1, -0.05) is 30.4 Å². The molecular weight excluding hydrogens is 156 g/mol. The average molecular weight is 175 g/mol. The zero-order chi connectivity index (χ0) is 9.19. The van der Waals surface area contributed by atoms with Crippen molar-refractivity contribution in [1.29, 1.82) is 0 Å². The highest BCUT2D eigenvalue weighted by atomic mass is 13.9. The van der Waals surface area contributed by atoms with Gasteiger partial charge in [-0.05, 0) is 51.0 Å². The first-order valence-electron chi connectivity index (χ1n) is 5.35. The first-order chi connectivity index (χ1) is 6.50. The molecule has 0 nitrogen and oxygen atoms in total. The van der Waals surface area contributed by atoms with Crippen LogP contribution in [-0.4, -0.2) is 0 Å². The summed E-state index contributed by atoms with van der Waals surface area (Å²) in [6.07, 6.45) is 23.0. The van der Waals surface area contributed by atoms with Crippen molar-refractivity contribution in [1.82, 2.24) is 0 Å². The lowest BCUT2D eigenvalue weighted by Crippen LogP contribution is -1.72. The maximum atomic E-state index is 3.29. The molecule has 0 heterocycles.